The summed E-state index contributed by atoms with van der Waals surface area (Å²) < 4.78 is 37.8. The molecule has 0 aliphatic carbocycles. The van der Waals surface area contributed by atoms with Crippen molar-refractivity contribution >= 4 is 17.4 Å². The molecule has 0 atom stereocenters. The first kappa shape index (κ1) is 13.0. The molecule has 0 spiro atoms. The Hall–Kier alpha value is -1.07. The fourth-order valence-corrected chi connectivity index (χ4v) is 1.57. The molecular weight excluding hydrogens is 243 g/mol. The summed E-state index contributed by atoms with van der Waals surface area (Å²) in [6.07, 6.45) is -4.58. The van der Waals surface area contributed by atoms with Crippen LogP contribution in [0.1, 0.15) is 15.9 Å². The third-order valence-electron chi connectivity index (χ3n) is 1.94. The molecule has 2 nitrogen and oxygen atoms in total. The van der Waals surface area contributed by atoms with Gasteiger partial charge in [-0.15, -0.1) is 0 Å². The summed E-state index contributed by atoms with van der Waals surface area (Å²) >= 11 is 5.62. The van der Waals surface area contributed by atoms with Crippen LogP contribution >= 0.6 is 11.6 Å². The molecule has 0 saturated carbocycles. The Labute approximate surface area is 95.4 Å². The maximum atomic E-state index is 12.6. The van der Waals surface area contributed by atoms with Gasteiger partial charge in [0.1, 0.15) is 0 Å². The molecular formula is C10H9ClF3NO. The molecule has 0 fully saturated rings. The fraction of sp³-hybridized carbons (Fsp3) is 0.300. The lowest BCUT2D eigenvalue weighted by atomic mass is 10.0. The van der Waals surface area contributed by atoms with Gasteiger partial charge in [0.25, 0.3) is 0 Å². The minimum Gasteiger partial charge on any atom is -0.313 e. The molecule has 1 rings (SSSR count). The predicted octanol–water partition coefficient (Wildman–Crippen LogP) is 2.76. The third kappa shape index (κ3) is 2.74. The number of hydrogen-bond donors (Lipinski definition) is 1. The molecule has 0 aliphatic rings. The van der Waals surface area contributed by atoms with Crippen molar-refractivity contribution in [3.8, 4) is 0 Å². The number of alkyl halides is 3. The largest absolute Gasteiger partial charge is 0.417 e. The number of ketones is 1. The molecule has 6 heteroatoms. The summed E-state index contributed by atoms with van der Waals surface area (Å²) in [5.41, 5.74) is -1.48. The van der Waals surface area contributed by atoms with Crippen LogP contribution in [0.15, 0.2) is 18.2 Å². The lowest BCUT2D eigenvalue weighted by molar-refractivity contribution is -0.137. The van der Waals surface area contributed by atoms with Crippen LogP contribution in [0, 0.1) is 0 Å². The first-order valence-corrected chi connectivity index (χ1v) is 4.79. The molecule has 16 heavy (non-hydrogen) atoms. The highest BCUT2D eigenvalue weighted by molar-refractivity contribution is 6.34. The molecule has 0 unspecified atom stereocenters. The number of hydrogen-bond acceptors (Lipinski definition) is 2. The van der Waals surface area contributed by atoms with E-state index in [0.29, 0.717) is 0 Å². The number of Topliss-reactive ketones (excluding diaryl/α,β-unsaturated/α-hetero) is 1. The Bertz CT molecular complexity index is 404. The predicted molar refractivity (Wildman–Crippen MR) is 54.7 cm³/mol. The van der Waals surface area contributed by atoms with Gasteiger partial charge in [0.15, 0.2) is 5.78 Å². The summed E-state index contributed by atoms with van der Waals surface area (Å²) in [6, 6.07) is 3.27. The Morgan fingerprint density at radius 3 is 2.56 bits per heavy atom. The topological polar surface area (TPSA) is 29.1 Å². The maximum Gasteiger partial charge on any atom is 0.417 e. The first-order valence-electron chi connectivity index (χ1n) is 4.41. The average Bonchev–Trinajstić information content (AvgIpc) is 2.16. The molecule has 0 aliphatic heterocycles. The van der Waals surface area contributed by atoms with E-state index >= 15 is 0 Å². The number of halogens is 4. The highest BCUT2D eigenvalue weighted by Gasteiger charge is 2.35. The van der Waals surface area contributed by atoms with Crippen molar-refractivity contribution in [2.24, 2.45) is 0 Å². The molecule has 0 saturated heterocycles. The van der Waals surface area contributed by atoms with Crippen molar-refractivity contribution in [3.63, 3.8) is 0 Å². The standard InChI is InChI=1S/C10H9ClF3NO/c1-15-5-8(16)9-6(10(12,13)14)3-2-4-7(9)11/h2-4,15H,5H2,1H3. The number of carbonyl (C=O) groups excluding carboxylic acids is 1. The Kier molecular flexibility index (Phi) is 3.93. The van der Waals surface area contributed by atoms with Crippen molar-refractivity contribution in [1.82, 2.24) is 5.32 Å². The average molecular weight is 252 g/mol. The van der Waals surface area contributed by atoms with Gasteiger partial charge in [-0.1, -0.05) is 17.7 Å². The van der Waals surface area contributed by atoms with Crippen molar-refractivity contribution in [2.45, 2.75) is 6.18 Å². The second kappa shape index (κ2) is 4.84. The van der Waals surface area contributed by atoms with Crippen LogP contribution in [-0.2, 0) is 6.18 Å². The number of rotatable bonds is 3. The van der Waals surface area contributed by atoms with Crippen LogP contribution in [0.3, 0.4) is 0 Å². The molecule has 1 aromatic carbocycles. The van der Waals surface area contributed by atoms with Gasteiger partial charge in [0.2, 0.25) is 0 Å². The third-order valence-corrected chi connectivity index (χ3v) is 2.25. The van der Waals surface area contributed by atoms with Gasteiger partial charge in [-0.2, -0.15) is 13.2 Å². The summed E-state index contributed by atoms with van der Waals surface area (Å²) in [5, 5.41) is 2.31. The lowest BCUT2D eigenvalue weighted by Gasteiger charge is -2.13. The number of likely N-dealkylation sites (N-methyl/N-ethyl adjacent to an activating group) is 1. The van der Waals surface area contributed by atoms with Crippen molar-refractivity contribution in [1.29, 1.82) is 0 Å². The molecule has 88 valence electrons. The van der Waals surface area contributed by atoms with Gasteiger partial charge in [-0.05, 0) is 19.2 Å². The van der Waals surface area contributed by atoms with Gasteiger partial charge < -0.3 is 5.32 Å². The second-order valence-corrected chi connectivity index (χ2v) is 3.52. The monoisotopic (exact) mass is 251 g/mol. The fourth-order valence-electron chi connectivity index (χ4n) is 1.29. The van der Waals surface area contributed by atoms with Crippen molar-refractivity contribution in [3.05, 3.63) is 34.3 Å². The molecule has 0 heterocycles. The highest BCUT2D eigenvalue weighted by Crippen LogP contribution is 2.35. The zero-order valence-corrected chi connectivity index (χ0v) is 9.12. The van der Waals surface area contributed by atoms with Crippen LogP contribution in [0.2, 0.25) is 5.02 Å². The Morgan fingerprint density at radius 1 is 1.44 bits per heavy atom. The number of benzene rings is 1. The zero-order chi connectivity index (χ0) is 12.3. The molecule has 0 bridgehead atoms. The molecule has 1 N–H and O–H groups in total. The minimum absolute atomic E-state index is 0.185. The SMILES string of the molecule is CNCC(=O)c1c(Cl)cccc1C(F)(F)F. The minimum atomic E-state index is -4.58. The van der Waals surface area contributed by atoms with Gasteiger partial charge >= 0.3 is 6.18 Å². The van der Waals surface area contributed by atoms with E-state index in [1.54, 1.807) is 0 Å². The van der Waals surface area contributed by atoms with Gasteiger partial charge in [-0.3, -0.25) is 4.79 Å². The van der Waals surface area contributed by atoms with E-state index in [9.17, 15) is 18.0 Å². The number of carbonyl (C=O) groups is 1. The quantitative estimate of drug-likeness (QED) is 0.837. The van der Waals surface area contributed by atoms with E-state index in [2.05, 4.69) is 5.32 Å². The van der Waals surface area contributed by atoms with Gasteiger partial charge in [-0.25, -0.2) is 0 Å². The van der Waals surface area contributed by atoms with E-state index in [-0.39, 0.29) is 11.6 Å². The zero-order valence-electron chi connectivity index (χ0n) is 8.36. The van der Waals surface area contributed by atoms with E-state index in [1.807, 2.05) is 0 Å². The van der Waals surface area contributed by atoms with Crippen LogP contribution in [0.4, 0.5) is 13.2 Å². The molecule has 0 amide bonds. The van der Waals surface area contributed by atoms with E-state index in [1.165, 1.54) is 19.2 Å². The van der Waals surface area contributed by atoms with Crippen LogP contribution in [0.25, 0.3) is 0 Å². The Morgan fingerprint density at radius 2 is 2.06 bits per heavy atom. The van der Waals surface area contributed by atoms with Crippen LogP contribution in [-0.4, -0.2) is 19.4 Å². The summed E-state index contributed by atoms with van der Waals surface area (Å²) in [6.45, 7) is -0.188. The van der Waals surface area contributed by atoms with Crippen molar-refractivity contribution in [2.75, 3.05) is 13.6 Å². The Balaban J connectivity index is 3.30. The van der Waals surface area contributed by atoms with Gasteiger partial charge in [0, 0.05) is 5.56 Å². The second-order valence-electron chi connectivity index (χ2n) is 3.11. The molecule has 1 aromatic rings. The highest BCUT2D eigenvalue weighted by atomic mass is 35.5. The molecule has 0 aromatic heterocycles. The summed E-state index contributed by atoms with van der Waals surface area (Å²) in [5.74, 6) is -0.680. The number of nitrogens with one attached hydrogen (secondary N) is 1. The van der Waals surface area contributed by atoms with Crippen LogP contribution in [0.5, 0.6) is 0 Å². The van der Waals surface area contributed by atoms with Gasteiger partial charge in [0.05, 0.1) is 17.1 Å². The normalized spacial score (nSPS) is 11.6. The lowest BCUT2D eigenvalue weighted by Crippen LogP contribution is -2.22. The van der Waals surface area contributed by atoms with E-state index < -0.39 is 23.1 Å². The van der Waals surface area contributed by atoms with Crippen LogP contribution < -0.4 is 5.32 Å². The van der Waals surface area contributed by atoms with Crippen molar-refractivity contribution < 1.29 is 18.0 Å². The molecule has 0 radical (unpaired) electrons. The van der Waals surface area contributed by atoms with E-state index in [0.717, 1.165) is 6.07 Å². The summed E-state index contributed by atoms with van der Waals surface area (Å²) in [7, 11) is 1.47. The maximum absolute atomic E-state index is 12.6. The van der Waals surface area contributed by atoms with E-state index in [4.69, 9.17) is 11.6 Å². The summed E-state index contributed by atoms with van der Waals surface area (Å²) in [4.78, 5) is 11.5. The first-order chi connectivity index (χ1) is 7.38. The smallest absolute Gasteiger partial charge is 0.313 e.